The number of carbonyl (C=O) groups excluding carboxylic acids is 2. The molecule has 0 spiro atoms. The highest BCUT2D eigenvalue weighted by atomic mass is 32.2. The lowest BCUT2D eigenvalue weighted by Gasteiger charge is -2.30. The number of benzene rings is 3. The maximum absolute atomic E-state index is 13.4. The number of para-hydroxylation sites is 2. The molecular weight excluding hydrogens is 525 g/mol. The summed E-state index contributed by atoms with van der Waals surface area (Å²) in [5.41, 5.74) is 1.05. The lowest BCUT2D eigenvalue weighted by Crippen LogP contribution is -2.31. The number of nitriles is 1. The molecule has 0 aromatic heterocycles. The summed E-state index contributed by atoms with van der Waals surface area (Å²) in [5, 5.41) is 18.7. The third-order valence-corrected chi connectivity index (χ3v) is 6.93. The number of dihydropyridines is 1. The third-order valence-electron chi connectivity index (χ3n) is 5.91. The fourth-order valence-corrected chi connectivity index (χ4v) is 5.08. The molecule has 3 aromatic carbocycles. The summed E-state index contributed by atoms with van der Waals surface area (Å²) in [6.07, 6.45) is -4.63. The maximum atomic E-state index is 13.4. The van der Waals surface area contributed by atoms with Gasteiger partial charge in [-0.25, -0.2) is 0 Å². The van der Waals surface area contributed by atoms with Gasteiger partial charge in [-0.2, -0.15) is 18.4 Å². The average Bonchev–Trinajstić information content (AvgIpc) is 2.92. The summed E-state index contributed by atoms with van der Waals surface area (Å²) in [7, 11) is 0. The van der Waals surface area contributed by atoms with Crippen LogP contribution in [0.25, 0.3) is 0 Å². The number of nitrogens with zero attached hydrogens (tertiary/aromatic N) is 1. The zero-order chi connectivity index (χ0) is 28.0. The second-order valence-corrected chi connectivity index (χ2v) is 9.55. The van der Waals surface area contributed by atoms with Crippen LogP contribution in [-0.2, 0) is 15.8 Å². The van der Waals surface area contributed by atoms with Gasteiger partial charge in [-0.05, 0) is 36.8 Å². The highest BCUT2D eigenvalue weighted by molar-refractivity contribution is 8.03. The van der Waals surface area contributed by atoms with Gasteiger partial charge in [0.15, 0.2) is 0 Å². The Labute approximate surface area is 227 Å². The number of rotatable bonds is 7. The van der Waals surface area contributed by atoms with Crippen molar-refractivity contribution in [1.82, 2.24) is 5.32 Å². The summed E-state index contributed by atoms with van der Waals surface area (Å²) < 4.78 is 39.9. The van der Waals surface area contributed by atoms with E-state index in [-0.39, 0.29) is 17.0 Å². The standard InChI is InChI=1S/C29H23F3N4O2S/c1-18-25(27(38)35-20-12-6-3-7-13-20)26(19-10-4-2-5-11-19)21(16-33)28(34-18)39-17-24(37)36-23-15-9-8-14-22(23)29(30,31)32/h2-15,26,34H,17H2,1H3,(H,35,38)(H,36,37)/t26-/m0/s1. The Morgan fingerprint density at radius 3 is 2.21 bits per heavy atom. The molecule has 198 valence electrons. The van der Waals surface area contributed by atoms with Gasteiger partial charge in [0.1, 0.15) is 0 Å². The van der Waals surface area contributed by atoms with Crippen molar-refractivity contribution in [3.8, 4) is 6.07 Å². The number of thioether (sulfide) groups is 1. The van der Waals surface area contributed by atoms with Crippen molar-refractivity contribution >= 4 is 35.0 Å². The first-order valence-electron chi connectivity index (χ1n) is 11.8. The van der Waals surface area contributed by atoms with Crippen LogP contribution in [0.5, 0.6) is 0 Å². The van der Waals surface area contributed by atoms with Crippen LogP contribution in [0.3, 0.4) is 0 Å². The van der Waals surface area contributed by atoms with E-state index in [2.05, 4.69) is 22.0 Å². The van der Waals surface area contributed by atoms with Gasteiger partial charge >= 0.3 is 6.18 Å². The molecule has 0 bridgehead atoms. The number of anilines is 2. The molecule has 1 heterocycles. The Balaban J connectivity index is 1.60. The Bertz CT molecular complexity index is 1480. The first kappa shape index (κ1) is 27.5. The van der Waals surface area contributed by atoms with E-state index >= 15 is 0 Å². The van der Waals surface area contributed by atoms with E-state index in [1.165, 1.54) is 18.2 Å². The van der Waals surface area contributed by atoms with E-state index < -0.39 is 29.5 Å². The fourth-order valence-electron chi connectivity index (χ4n) is 4.19. The van der Waals surface area contributed by atoms with Crippen LogP contribution in [-0.4, -0.2) is 17.6 Å². The van der Waals surface area contributed by atoms with Gasteiger partial charge in [-0.1, -0.05) is 72.4 Å². The van der Waals surface area contributed by atoms with Crippen molar-refractivity contribution in [2.45, 2.75) is 19.0 Å². The number of alkyl halides is 3. The van der Waals surface area contributed by atoms with Crippen LogP contribution in [0.15, 0.2) is 107 Å². The topological polar surface area (TPSA) is 94.0 Å². The quantitative estimate of drug-likeness (QED) is 0.317. The maximum Gasteiger partial charge on any atom is 0.418 e. The van der Waals surface area contributed by atoms with Gasteiger partial charge in [0.2, 0.25) is 5.91 Å². The Kier molecular flexibility index (Phi) is 8.42. The van der Waals surface area contributed by atoms with Gasteiger partial charge < -0.3 is 16.0 Å². The fraction of sp³-hybridized carbons (Fsp3) is 0.138. The number of allylic oxidation sites excluding steroid dienone is 2. The van der Waals surface area contributed by atoms with Crippen molar-refractivity contribution in [3.63, 3.8) is 0 Å². The molecule has 0 radical (unpaired) electrons. The van der Waals surface area contributed by atoms with E-state index in [1.54, 1.807) is 55.5 Å². The van der Waals surface area contributed by atoms with E-state index in [1.807, 2.05) is 12.1 Å². The van der Waals surface area contributed by atoms with Gasteiger partial charge in [0, 0.05) is 17.0 Å². The zero-order valence-electron chi connectivity index (χ0n) is 20.7. The van der Waals surface area contributed by atoms with Crippen molar-refractivity contribution in [2.24, 2.45) is 0 Å². The van der Waals surface area contributed by atoms with Crippen LogP contribution < -0.4 is 16.0 Å². The number of amides is 2. The molecule has 1 aliphatic heterocycles. The monoisotopic (exact) mass is 548 g/mol. The molecule has 0 fully saturated rings. The van der Waals surface area contributed by atoms with Crippen LogP contribution >= 0.6 is 11.8 Å². The van der Waals surface area contributed by atoms with Gasteiger partial charge in [0.05, 0.1) is 39.6 Å². The lowest BCUT2D eigenvalue weighted by atomic mass is 9.82. The van der Waals surface area contributed by atoms with Crippen LogP contribution in [0.4, 0.5) is 24.5 Å². The first-order chi connectivity index (χ1) is 18.7. The smallest absolute Gasteiger partial charge is 0.353 e. The second kappa shape index (κ2) is 11.9. The van der Waals surface area contributed by atoms with Crippen LogP contribution in [0.2, 0.25) is 0 Å². The normalized spacial score (nSPS) is 15.3. The Morgan fingerprint density at radius 2 is 1.56 bits per heavy atom. The number of hydrogen-bond donors (Lipinski definition) is 3. The molecule has 4 rings (SSSR count). The summed E-state index contributed by atoms with van der Waals surface area (Å²) in [6.45, 7) is 1.70. The van der Waals surface area contributed by atoms with Crippen LogP contribution in [0.1, 0.15) is 24.0 Å². The first-order valence-corrected chi connectivity index (χ1v) is 12.8. The number of carbonyl (C=O) groups is 2. The van der Waals surface area contributed by atoms with E-state index in [0.717, 1.165) is 17.8 Å². The minimum Gasteiger partial charge on any atom is -0.353 e. The molecule has 6 nitrogen and oxygen atoms in total. The van der Waals surface area contributed by atoms with E-state index in [9.17, 15) is 28.0 Å². The number of halogens is 3. The highest BCUT2D eigenvalue weighted by Gasteiger charge is 2.36. The summed E-state index contributed by atoms with van der Waals surface area (Å²) in [5.74, 6) is -2.05. The molecule has 10 heteroatoms. The van der Waals surface area contributed by atoms with Crippen molar-refractivity contribution in [1.29, 1.82) is 5.26 Å². The van der Waals surface area contributed by atoms with Gasteiger partial charge in [-0.3, -0.25) is 9.59 Å². The predicted octanol–water partition coefficient (Wildman–Crippen LogP) is 6.41. The summed E-state index contributed by atoms with van der Waals surface area (Å²) in [4.78, 5) is 26.0. The molecule has 2 amide bonds. The number of nitrogens with one attached hydrogen (secondary N) is 3. The Hall–Kier alpha value is -4.49. The molecule has 0 unspecified atom stereocenters. The van der Waals surface area contributed by atoms with Gasteiger partial charge in [-0.15, -0.1) is 0 Å². The molecule has 1 aliphatic rings. The predicted molar refractivity (Wildman–Crippen MR) is 145 cm³/mol. The largest absolute Gasteiger partial charge is 0.418 e. The summed E-state index contributed by atoms with van der Waals surface area (Å²) >= 11 is 0.978. The molecule has 39 heavy (non-hydrogen) atoms. The molecule has 3 N–H and O–H groups in total. The van der Waals surface area contributed by atoms with Crippen molar-refractivity contribution in [3.05, 3.63) is 118 Å². The minimum absolute atomic E-state index is 0.221. The SMILES string of the molecule is CC1=C(C(=O)Nc2ccccc2)[C@@H](c2ccccc2)C(C#N)=C(SCC(=O)Nc2ccccc2C(F)(F)F)N1. The summed E-state index contributed by atoms with van der Waals surface area (Å²) in [6, 6.07) is 24.8. The van der Waals surface area contributed by atoms with E-state index in [0.29, 0.717) is 27.6 Å². The third kappa shape index (κ3) is 6.51. The molecule has 1 atom stereocenters. The molecule has 0 aliphatic carbocycles. The average molecular weight is 549 g/mol. The number of hydrogen-bond acceptors (Lipinski definition) is 5. The van der Waals surface area contributed by atoms with Crippen molar-refractivity contribution < 1.29 is 22.8 Å². The molecule has 0 saturated heterocycles. The lowest BCUT2D eigenvalue weighted by molar-refractivity contribution is -0.137. The zero-order valence-corrected chi connectivity index (χ0v) is 21.5. The van der Waals surface area contributed by atoms with Crippen molar-refractivity contribution in [2.75, 3.05) is 16.4 Å². The van der Waals surface area contributed by atoms with Crippen LogP contribution in [0, 0.1) is 11.3 Å². The highest BCUT2D eigenvalue weighted by Crippen LogP contribution is 2.41. The van der Waals surface area contributed by atoms with Gasteiger partial charge in [0.25, 0.3) is 5.91 Å². The minimum atomic E-state index is -4.63. The second-order valence-electron chi connectivity index (χ2n) is 8.56. The Morgan fingerprint density at radius 1 is 0.949 bits per heavy atom. The molecular formula is C29H23F3N4O2S. The molecule has 0 saturated carbocycles. The molecule has 3 aromatic rings. The van der Waals surface area contributed by atoms with E-state index in [4.69, 9.17) is 0 Å².